The lowest BCUT2D eigenvalue weighted by atomic mass is 9.90. The standard InChI is InChI=1S/C56H38N2/c1-4-17-39(18-5-1)40-33-36-45(37-34-40)57(51-31-13-12-27-48(51)49-29-15-23-43-22-14-28-46(54(43)49)41-19-6-2-7-20-41)53-32-16-30-50-55-47-26-11-10-21-42(47)35-38-52(55)58(56(50)53)44-24-8-3-9-25-44/h1-38H. The van der Waals surface area contributed by atoms with Gasteiger partial charge in [0.05, 0.1) is 22.4 Å². The monoisotopic (exact) mass is 738 g/mol. The predicted molar refractivity (Wildman–Crippen MR) is 247 cm³/mol. The molecule has 10 aromatic carbocycles. The highest BCUT2D eigenvalue weighted by molar-refractivity contribution is 6.24. The van der Waals surface area contributed by atoms with Crippen LogP contribution in [0.1, 0.15) is 0 Å². The van der Waals surface area contributed by atoms with Crippen LogP contribution in [-0.4, -0.2) is 4.57 Å². The maximum Gasteiger partial charge on any atom is 0.0782 e. The lowest BCUT2D eigenvalue weighted by molar-refractivity contribution is 1.17. The van der Waals surface area contributed by atoms with E-state index >= 15 is 0 Å². The van der Waals surface area contributed by atoms with Crippen LogP contribution >= 0.6 is 0 Å². The molecule has 0 aliphatic rings. The van der Waals surface area contributed by atoms with E-state index in [2.05, 4.69) is 240 Å². The normalized spacial score (nSPS) is 11.4. The Kier molecular flexibility index (Phi) is 8.19. The van der Waals surface area contributed by atoms with Gasteiger partial charge in [0, 0.05) is 27.7 Å². The topological polar surface area (TPSA) is 8.17 Å². The molecular weight excluding hydrogens is 701 g/mol. The number of benzene rings is 10. The van der Waals surface area contributed by atoms with Crippen molar-refractivity contribution < 1.29 is 0 Å². The molecule has 0 aliphatic carbocycles. The molecule has 0 spiro atoms. The fourth-order valence-corrected chi connectivity index (χ4v) is 9.01. The molecule has 2 heteroatoms. The number of anilines is 3. The van der Waals surface area contributed by atoms with Crippen LogP contribution in [0, 0.1) is 0 Å². The van der Waals surface area contributed by atoms with Crippen LogP contribution in [0.5, 0.6) is 0 Å². The number of hydrogen-bond acceptors (Lipinski definition) is 1. The molecule has 0 atom stereocenters. The van der Waals surface area contributed by atoms with Crippen molar-refractivity contribution in [3.63, 3.8) is 0 Å². The average Bonchev–Trinajstić information content (AvgIpc) is 3.66. The predicted octanol–water partition coefficient (Wildman–Crippen LogP) is 15.6. The van der Waals surface area contributed by atoms with Crippen LogP contribution in [-0.2, 0) is 0 Å². The van der Waals surface area contributed by atoms with Crippen molar-refractivity contribution >= 4 is 60.4 Å². The van der Waals surface area contributed by atoms with Crippen molar-refractivity contribution in [3.05, 3.63) is 231 Å². The second-order valence-corrected chi connectivity index (χ2v) is 14.9. The smallest absolute Gasteiger partial charge is 0.0782 e. The SMILES string of the molecule is c1ccc(-c2ccc(N(c3ccccc3-c3cccc4cccc(-c5ccccc5)c34)c3cccc4c5c6ccccc6ccc5n(-c5ccccc5)c34)cc2)cc1. The Balaban J connectivity index is 1.24. The molecule has 1 aromatic heterocycles. The van der Waals surface area contributed by atoms with Crippen LogP contribution in [0.15, 0.2) is 231 Å². The van der Waals surface area contributed by atoms with Gasteiger partial charge in [-0.05, 0) is 91.8 Å². The van der Waals surface area contributed by atoms with E-state index < -0.39 is 0 Å². The third kappa shape index (κ3) is 5.57. The average molecular weight is 739 g/mol. The molecule has 0 unspecified atom stereocenters. The minimum absolute atomic E-state index is 1.08. The summed E-state index contributed by atoms with van der Waals surface area (Å²) in [5.41, 5.74) is 13.9. The minimum Gasteiger partial charge on any atom is -0.308 e. The zero-order valence-corrected chi connectivity index (χ0v) is 31.8. The third-order valence-electron chi connectivity index (χ3n) is 11.6. The number of hydrogen-bond donors (Lipinski definition) is 0. The molecule has 0 saturated heterocycles. The fourth-order valence-electron chi connectivity index (χ4n) is 9.01. The Morgan fingerprint density at radius 3 is 1.64 bits per heavy atom. The first kappa shape index (κ1) is 33.6. The van der Waals surface area contributed by atoms with Crippen molar-refractivity contribution in [2.75, 3.05) is 4.90 Å². The van der Waals surface area contributed by atoms with Gasteiger partial charge in [-0.3, -0.25) is 0 Å². The molecule has 272 valence electrons. The van der Waals surface area contributed by atoms with Gasteiger partial charge in [0.15, 0.2) is 0 Å². The summed E-state index contributed by atoms with van der Waals surface area (Å²) in [7, 11) is 0. The first-order valence-electron chi connectivity index (χ1n) is 19.9. The number of para-hydroxylation sites is 3. The lowest BCUT2D eigenvalue weighted by Crippen LogP contribution is -2.13. The molecule has 0 bridgehead atoms. The maximum atomic E-state index is 2.48. The summed E-state index contributed by atoms with van der Waals surface area (Å²) in [4.78, 5) is 2.48. The van der Waals surface area contributed by atoms with Crippen LogP contribution in [0.2, 0.25) is 0 Å². The number of rotatable bonds is 7. The van der Waals surface area contributed by atoms with Gasteiger partial charge in [0.1, 0.15) is 0 Å². The Labute approximate surface area is 338 Å². The van der Waals surface area contributed by atoms with E-state index in [0.29, 0.717) is 0 Å². The van der Waals surface area contributed by atoms with E-state index in [1.54, 1.807) is 0 Å². The first-order chi connectivity index (χ1) is 28.8. The molecule has 0 radical (unpaired) electrons. The van der Waals surface area contributed by atoms with Crippen LogP contribution in [0.4, 0.5) is 17.1 Å². The molecule has 1 heterocycles. The number of aromatic nitrogens is 1. The van der Waals surface area contributed by atoms with Crippen molar-refractivity contribution in [3.8, 4) is 39.1 Å². The Bertz CT molecular complexity index is 3250. The molecule has 0 saturated carbocycles. The van der Waals surface area contributed by atoms with Gasteiger partial charge >= 0.3 is 0 Å². The van der Waals surface area contributed by atoms with Crippen LogP contribution < -0.4 is 4.90 Å². The molecule has 2 nitrogen and oxygen atoms in total. The zero-order valence-electron chi connectivity index (χ0n) is 31.8. The third-order valence-corrected chi connectivity index (χ3v) is 11.6. The Morgan fingerprint density at radius 2 is 0.862 bits per heavy atom. The number of fused-ring (bicyclic) bond motifs is 6. The molecule has 0 aliphatic heterocycles. The second-order valence-electron chi connectivity index (χ2n) is 14.9. The summed E-state index contributed by atoms with van der Waals surface area (Å²) < 4.78 is 2.46. The maximum absolute atomic E-state index is 2.48. The van der Waals surface area contributed by atoms with Gasteiger partial charge in [-0.15, -0.1) is 0 Å². The summed E-state index contributed by atoms with van der Waals surface area (Å²) >= 11 is 0. The van der Waals surface area contributed by atoms with E-state index in [1.165, 1.54) is 65.7 Å². The zero-order chi connectivity index (χ0) is 38.4. The van der Waals surface area contributed by atoms with Crippen molar-refractivity contribution in [2.24, 2.45) is 0 Å². The molecular formula is C56H38N2. The molecule has 58 heavy (non-hydrogen) atoms. The van der Waals surface area contributed by atoms with E-state index in [-0.39, 0.29) is 0 Å². The van der Waals surface area contributed by atoms with Gasteiger partial charge in [0.2, 0.25) is 0 Å². The van der Waals surface area contributed by atoms with Crippen LogP contribution in [0.3, 0.4) is 0 Å². The summed E-state index contributed by atoms with van der Waals surface area (Å²) in [6.07, 6.45) is 0. The van der Waals surface area contributed by atoms with Gasteiger partial charge < -0.3 is 9.47 Å². The molecule has 0 amide bonds. The highest BCUT2D eigenvalue weighted by Gasteiger charge is 2.25. The lowest BCUT2D eigenvalue weighted by Gasteiger charge is -2.29. The first-order valence-corrected chi connectivity index (χ1v) is 19.9. The quantitative estimate of drug-likeness (QED) is 0.158. The van der Waals surface area contributed by atoms with Gasteiger partial charge in [-0.2, -0.15) is 0 Å². The highest BCUT2D eigenvalue weighted by Crippen LogP contribution is 2.49. The van der Waals surface area contributed by atoms with Gasteiger partial charge in [0.25, 0.3) is 0 Å². The van der Waals surface area contributed by atoms with Gasteiger partial charge in [-0.25, -0.2) is 0 Å². The molecule has 11 rings (SSSR count). The Morgan fingerprint density at radius 1 is 0.310 bits per heavy atom. The van der Waals surface area contributed by atoms with E-state index in [4.69, 9.17) is 0 Å². The summed E-state index contributed by atoms with van der Waals surface area (Å²) in [6, 6.07) is 83.7. The van der Waals surface area contributed by atoms with Crippen molar-refractivity contribution in [2.45, 2.75) is 0 Å². The summed E-state index contributed by atoms with van der Waals surface area (Å²) in [6.45, 7) is 0. The largest absolute Gasteiger partial charge is 0.308 e. The number of nitrogens with zero attached hydrogens (tertiary/aromatic N) is 2. The van der Waals surface area contributed by atoms with E-state index in [1.807, 2.05) is 0 Å². The van der Waals surface area contributed by atoms with Gasteiger partial charge in [-0.1, -0.05) is 188 Å². The minimum atomic E-state index is 1.08. The molecule has 0 fully saturated rings. The summed E-state index contributed by atoms with van der Waals surface area (Å²) in [5, 5.41) is 7.41. The van der Waals surface area contributed by atoms with E-state index in [9.17, 15) is 0 Å². The molecule has 11 aromatic rings. The fraction of sp³-hybridized carbons (Fsp3) is 0. The van der Waals surface area contributed by atoms with Crippen LogP contribution in [0.25, 0.3) is 82.4 Å². The Hall–Kier alpha value is -7.68. The molecule has 0 N–H and O–H groups in total. The second kappa shape index (κ2) is 14.1. The van der Waals surface area contributed by atoms with Crippen molar-refractivity contribution in [1.82, 2.24) is 4.57 Å². The highest BCUT2D eigenvalue weighted by atomic mass is 15.2. The van der Waals surface area contributed by atoms with Crippen molar-refractivity contribution in [1.29, 1.82) is 0 Å². The van der Waals surface area contributed by atoms with E-state index in [0.717, 1.165) is 33.8 Å². The summed E-state index contributed by atoms with van der Waals surface area (Å²) in [5.74, 6) is 0.